The Balaban J connectivity index is 1.95. The molecule has 0 saturated heterocycles. The minimum Gasteiger partial charge on any atom is -0.508 e. The molecule has 1 heterocycles. The van der Waals surface area contributed by atoms with E-state index in [9.17, 15) is 5.11 Å². The van der Waals surface area contributed by atoms with Crippen molar-refractivity contribution in [2.24, 2.45) is 0 Å². The lowest BCUT2D eigenvalue weighted by Crippen LogP contribution is -2.18. The molecular weight excluding hydrogens is 218 g/mol. The summed E-state index contributed by atoms with van der Waals surface area (Å²) in [5, 5.41) is 16.4. The number of hydrogen-bond donors (Lipinski definition) is 2. The molecule has 1 atom stereocenters. The second-order valence-corrected chi connectivity index (χ2v) is 3.93. The van der Waals surface area contributed by atoms with E-state index < -0.39 is 0 Å². The van der Waals surface area contributed by atoms with Crippen LogP contribution in [-0.4, -0.2) is 15.2 Å². The minimum atomic E-state index is 0.112. The molecule has 0 aliphatic heterocycles. The van der Waals surface area contributed by atoms with Gasteiger partial charge in [0.2, 0.25) is 5.89 Å². The van der Waals surface area contributed by atoms with Gasteiger partial charge >= 0.3 is 0 Å². The quantitative estimate of drug-likeness (QED) is 0.844. The average Bonchev–Trinajstić information content (AvgIpc) is 2.72. The summed E-state index contributed by atoms with van der Waals surface area (Å²) in [6.45, 7) is 4.31. The van der Waals surface area contributed by atoms with Gasteiger partial charge in [-0.15, -0.1) is 0 Å². The van der Waals surface area contributed by atoms with Crippen molar-refractivity contribution in [3.05, 3.63) is 41.5 Å². The van der Waals surface area contributed by atoms with Crippen molar-refractivity contribution in [2.45, 2.75) is 26.4 Å². The first kappa shape index (κ1) is 11.6. The molecule has 0 radical (unpaired) electrons. The summed E-state index contributed by atoms with van der Waals surface area (Å²) in [6, 6.07) is 7.28. The minimum absolute atomic E-state index is 0.112. The predicted octanol–water partition coefficient (Wildman–Crippen LogP) is 1.93. The van der Waals surface area contributed by atoms with E-state index in [4.69, 9.17) is 4.52 Å². The van der Waals surface area contributed by atoms with Gasteiger partial charge in [-0.2, -0.15) is 4.98 Å². The number of aromatic hydroxyl groups is 1. The Bertz CT molecular complexity index is 496. The number of nitrogens with one attached hydrogen (secondary N) is 1. The number of nitrogens with zero attached hydrogens (tertiary/aromatic N) is 2. The second-order valence-electron chi connectivity index (χ2n) is 3.93. The molecule has 2 N–H and O–H groups in total. The lowest BCUT2D eigenvalue weighted by Gasteiger charge is -2.12. The van der Waals surface area contributed by atoms with Gasteiger partial charge in [0.05, 0.1) is 6.54 Å². The third kappa shape index (κ3) is 3.04. The van der Waals surface area contributed by atoms with Gasteiger partial charge in [0, 0.05) is 13.0 Å². The number of hydrogen-bond acceptors (Lipinski definition) is 5. The number of benzene rings is 1. The van der Waals surface area contributed by atoms with Gasteiger partial charge in [-0.25, -0.2) is 0 Å². The summed E-state index contributed by atoms with van der Waals surface area (Å²) in [6.07, 6.45) is 0. The highest BCUT2D eigenvalue weighted by Gasteiger charge is 2.07. The Morgan fingerprint density at radius 2 is 2.29 bits per heavy atom. The van der Waals surface area contributed by atoms with Crippen molar-refractivity contribution in [1.82, 2.24) is 15.5 Å². The SMILES string of the molecule is Cc1nc(CNC(C)c2cccc(O)c2)no1. The van der Waals surface area contributed by atoms with Crippen LogP contribution in [0.4, 0.5) is 0 Å². The van der Waals surface area contributed by atoms with Gasteiger partial charge in [0.15, 0.2) is 5.82 Å². The topological polar surface area (TPSA) is 71.2 Å². The molecule has 1 aromatic heterocycles. The van der Waals surface area contributed by atoms with Gasteiger partial charge in [-0.1, -0.05) is 17.3 Å². The predicted molar refractivity (Wildman–Crippen MR) is 62.4 cm³/mol. The summed E-state index contributed by atoms with van der Waals surface area (Å²) in [5.41, 5.74) is 1.02. The molecule has 1 aromatic carbocycles. The fourth-order valence-corrected chi connectivity index (χ4v) is 1.57. The number of aromatic nitrogens is 2. The molecule has 5 heteroatoms. The summed E-state index contributed by atoms with van der Waals surface area (Å²) < 4.78 is 4.88. The largest absolute Gasteiger partial charge is 0.508 e. The molecule has 2 aromatic rings. The van der Waals surface area contributed by atoms with Crippen molar-refractivity contribution in [3.63, 3.8) is 0 Å². The highest BCUT2D eigenvalue weighted by atomic mass is 16.5. The zero-order chi connectivity index (χ0) is 12.3. The molecular formula is C12H15N3O2. The maximum atomic E-state index is 9.38. The molecule has 0 spiro atoms. The monoisotopic (exact) mass is 233 g/mol. The maximum Gasteiger partial charge on any atom is 0.223 e. The highest BCUT2D eigenvalue weighted by Crippen LogP contribution is 2.17. The van der Waals surface area contributed by atoms with Crippen LogP contribution in [0.1, 0.15) is 30.2 Å². The van der Waals surface area contributed by atoms with E-state index in [1.807, 2.05) is 19.1 Å². The Morgan fingerprint density at radius 3 is 2.94 bits per heavy atom. The van der Waals surface area contributed by atoms with Crippen LogP contribution in [0.2, 0.25) is 0 Å². The van der Waals surface area contributed by atoms with Gasteiger partial charge in [0.25, 0.3) is 0 Å². The summed E-state index contributed by atoms with van der Waals surface area (Å²) >= 11 is 0. The lowest BCUT2D eigenvalue weighted by atomic mass is 10.1. The fourth-order valence-electron chi connectivity index (χ4n) is 1.57. The molecule has 0 fully saturated rings. The number of aryl methyl sites for hydroxylation is 1. The zero-order valence-corrected chi connectivity index (χ0v) is 9.84. The molecule has 0 aliphatic rings. The van der Waals surface area contributed by atoms with E-state index in [1.54, 1.807) is 19.1 Å². The third-order valence-electron chi connectivity index (χ3n) is 2.51. The maximum absolute atomic E-state index is 9.38. The van der Waals surface area contributed by atoms with Crippen LogP contribution in [0.15, 0.2) is 28.8 Å². The van der Waals surface area contributed by atoms with E-state index in [-0.39, 0.29) is 11.8 Å². The van der Waals surface area contributed by atoms with Gasteiger partial charge in [-0.05, 0) is 24.6 Å². The Hall–Kier alpha value is -1.88. The van der Waals surface area contributed by atoms with Crippen LogP contribution < -0.4 is 5.32 Å². The van der Waals surface area contributed by atoms with E-state index in [0.717, 1.165) is 5.56 Å². The van der Waals surface area contributed by atoms with Crippen LogP contribution in [0.5, 0.6) is 5.75 Å². The molecule has 0 amide bonds. The van der Waals surface area contributed by atoms with Crippen molar-refractivity contribution >= 4 is 0 Å². The van der Waals surface area contributed by atoms with Crippen LogP contribution in [0, 0.1) is 6.92 Å². The Labute approximate surface area is 99.5 Å². The smallest absolute Gasteiger partial charge is 0.223 e. The number of phenolic OH excluding ortho intramolecular Hbond substituents is 1. The first-order chi connectivity index (χ1) is 8.15. The van der Waals surface area contributed by atoms with Crippen LogP contribution >= 0.6 is 0 Å². The Kier molecular flexibility index (Phi) is 3.39. The highest BCUT2D eigenvalue weighted by molar-refractivity contribution is 5.28. The van der Waals surface area contributed by atoms with E-state index >= 15 is 0 Å². The van der Waals surface area contributed by atoms with Crippen molar-refractivity contribution < 1.29 is 9.63 Å². The number of rotatable bonds is 4. The van der Waals surface area contributed by atoms with Crippen molar-refractivity contribution in [1.29, 1.82) is 0 Å². The van der Waals surface area contributed by atoms with Crippen molar-refractivity contribution in [2.75, 3.05) is 0 Å². The molecule has 2 rings (SSSR count). The fraction of sp³-hybridized carbons (Fsp3) is 0.333. The molecule has 17 heavy (non-hydrogen) atoms. The van der Waals surface area contributed by atoms with Crippen LogP contribution in [-0.2, 0) is 6.54 Å². The summed E-state index contributed by atoms with van der Waals surface area (Å²) in [7, 11) is 0. The lowest BCUT2D eigenvalue weighted by molar-refractivity contribution is 0.384. The van der Waals surface area contributed by atoms with E-state index in [0.29, 0.717) is 18.3 Å². The first-order valence-electron chi connectivity index (χ1n) is 5.46. The van der Waals surface area contributed by atoms with Crippen LogP contribution in [0.3, 0.4) is 0 Å². The summed E-state index contributed by atoms with van der Waals surface area (Å²) in [5.74, 6) is 1.47. The summed E-state index contributed by atoms with van der Waals surface area (Å²) in [4.78, 5) is 4.10. The van der Waals surface area contributed by atoms with E-state index in [1.165, 1.54) is 0 Å². The zero-order valence-electron chi connectivity index (χ0n) is 9.84. The third-order valence-corrected chi connectivity index (χ3v) is 2.51. The van der Waals surface area contributed by atoms with Crippen LogP contribution in [0.25, 0.3) is 0 Å². The number of phenols is 1. The molecule has 0 aliphatic carbocycles. The average molecular weight is 233 g/mol. The molecule has 5 nitrogen and oxygen atoms in total. The standard InChI is InChI=1S/C12H15N3O2/c1-8(10-4-3-5-11(16)6-10)13-7-12-14-9(2)17-15-12/h3-6,8,13,16H,7H2,1-2H3. The van der Waals surface area contributed by atoms with Gasteiger partial charge in [0.1, 0.15) is 5.75 Å². The van der Waals surface area contributed by atoms with E-state index in [2.05, 4.69) is 15.5 Å². The van der Waals surface area contributed by atoms with Gasteiger partial charge < -0.3 is 14.9 Å². The van der Waals surface area contributed by atoms with Gasteiger partial charge in [-0.3, -0.25) is 0 Å². The second kappa shape index (κ2) is 4.97. The molecule has 1 unspecified atom stereocenters. The molecule has 90 valence electrons. The van der Waals surface area contributed by atoms with Crippen molar-refractivity contribution in [3.8, 4) is 5.75 Å². The molecule has 0 bridgehead atoms. The molecule has 0 saturated carbocycles. The normalized spacial score (nSPS) is 12.6. The Morgan fingerprint density at radius 1 is 1.47 bits per heavy atom. The first-order valence-corrected chi connectivity index (χ1v) is 5.46.